The molecule has 2 aromatic carbocycles. The van der Waals surface area contributed by atoms with Gasteiger partial charge < -0.3 is 20.5 Å². The molecule has 152 valence electrons. The van der Waals surface area contributed by atoms with Crippen molar-refractivity contribution in [3.05, 3.63) is 47.7 Å². The molecule has 0 saturated heterocycles. The number of benzene rings is 2. The first kappa shape index (κ1) is 20.8. The predicted molar refractivity (Wildman–Crippen MR) is 118 cm³/mol. The van der Waals surface area contributed by atoms with Crippen LogP contribution in [0.4, 0.5) is 5.69 Å². The predicted octanol–water partition coefficient (Wildman–Crippen LogP) is 4.40. The summed E-state index contributed by atoms with van der Waals surface area (Å²) in [6.45, 7) is 5.75. The summed E-state index contributed by atoms with van der Waals surface area (Å²) in [4.78, 5) is 13.1. The van der Waals surface area contributed by atoms with E-state index in [0.29, 0.717) is 11.4 Å². The van der Waals surface area contributed by atoms with Crippen LogP contribution < -0.4 is 20.5 Å². The van der Waals surface area contributed by atoms with Gasteiger partial charge in [0.1, 0.15) is 11.5 Å². The molecule has 1 unspecified atom stereocenters. The molecule has 3 aromatic rings. The Hall–Kier alpha value is -2.90. The van der Waals surface area contributed by atoms with Gasteiger partial charge in [-0.25, -0.2) is 0 Å². The van der Waals surface area contributed by atoms with Crippen molar-refractivity contribution in [2.24, 2.45) is 5.73 Å². The van der Waals surface area contributed by atoms with Gasteiger partial charge in [-0.3, -0.25) is 4.79 Å². The first-order chi connectivity index (χ1) is 13.8. The van der Waals surface area contributed by atoms with E-state index in [4.69, 9.17) is 15.2 Å². The number of amides is 1. The van der Waals surface area contributed by atoms with Crippen molar-refractivity contribution in [1.82, 2.24) is 4.37 Å². The molecule has 1 heterocycles. The Morgan fingerprint density at radius 1 is 1.10 bits per heavy atom. The number of nitrogens with one attached hydrogen (secondary N) is 1. The summed E-state index contributed by atoms with van der Waals surface area (Å²) in [5.41, 5.74) is 11.5. The van der Waals surface area contributed by atoms with Crippen LogP contribution >= 0.6 is 11.5 Å². The summed E-state index contributed by atoms with van der Waals surface area (Å²) >= 11 is 1.42. The number of anilines is 1. The van der Waals surface area contributed by atoms with Crippen LogP contribution in [0.1, 0.15) is 18.1 Å². The van der Waals surface area contributed by atoms with Crippen molar-refractivity contribution in [3.8, 4) is 33.1 Å². The summed E-state index contributed by atoms with van der Waals surface area (Å²) in [7, 11) is 3.24. The molecule has 0 aliphatic carbocycles. The molecule has 6 nitrogen and oxygen atoms in total. The molecule has 0 radical (unpaired) electrons. The maximum atomic E-state index is 12.1. The fourth-order valence-corrected chi connectivity index (χ4v) is 3.80. The number of aryl methyl sites for hydroxylation is 1. The minimum absolute atomic E-state index is 0.275. The minimum Gasteiger partial charge on any atom is -0.496 e. The number of nitrogens with two attached hydrogens (primary N) is 1. The third-order valence-corrected chi connectivity index (χ3v) is 5.70. The molecule has 1 aromatic heterocycles. The molecule has 0 aliphatic heterocycles. The molecule has 0 saturated carbocycles. The molecule has 0 fully saturated rings. The van der Waals surface area contributed by atoms with Crippen molar-refractivity contribution in [1.29, 1.82) is 0 Å². The van der Waals surface area contributed by atoms with Crippen LogP contribution in [0.15, 0.2) is 36.5 Å². The van der Waals surface area contributed by atoms with E-state index >= 15 is 0 Å². The summed E-state index contributed by atoms with van der Waals surface area (Å²) in [6, 6.07) is 9.20. The molecule has 29 heavy (non-hydrogen) atoms. The Labute approximate surface area is 174 Å². The molecule has 0 aliphatic rings. The highest BCUT2D eigenvalue weighted by Gasteiger charge is 2.17. The van der Waals surface area contributed by atoms with Gasteiger partial charge in [-0.15, -0.1) is 0 Å². The lowest BCUT2D eigenvalue weighted by atomic mass is 9.99. The maximum absolute atomic E-state index is 12.1. The number of hydrogen-bond donors (Lipinski definition) is 2. The second-order valence-electron chi connectivity index (χ2n) is 6.88. The van der Waals surface area contributed by atoms with Crippen LogP contribution in [-0.4, -0.2) is 30.5 Å². The second-order valence-corrected chi connectivity index (χ2v) is 7.68. The van der Waals surface area contributed by atoms with E-state index in [2.05, 4.69) is 22.7 Å². The first-order valence-electron chi connectivity index (χ1n) is 9.20. The fraction of sp³-hybridized carbons (Fsp3) is 0.273. The van der Waals surface area contributed by atoms with Gasteiger partial charge >= 0.3 is 0 Å². The molecule has 1 atom stereocenters. The zero-order chi connectivity index (χ0) is 21.1. The molecular weight excluding hydrogens is 386 g/mol. The lowest BCUT2D eigenvalue weighted by Gasteiger charge is -2.14. The van der Waals surface area contributed by atoms with Gasteiger partial charge in [-0.2, -0.15) is 4.37 Å². The van der Waals surface area contributed by atoms with Gasteiger partial charge in [0, 0.05) is 11.8 Å². The Morgan fingerprint density at radius 3 is 2.48 bits per heavy atom. The Balaban J connectivity index is 2.07. The van der Waals surface area contributed by atoms with E-state index < -0.39 is 6.04 Å². The van der Waals surface area contributed by atoms with E-state index in [1.165, 1.54) is 11.5 Å². The van der Waals surface area contributed by atoms with Crippen molar-refractivity contribution < 1.29 is 14.3 Å². The highest BCUT2D eigenvalue weighted by Crippen LogP contribution is 2.40. The molecule has 1 amide bonds. The number of hydrogen-bond acceptors (Lipinski definition) is 6. The van der Waals surface area contributed by atoms with Crippen LogP contribution in [0.5, 0.6) is 11.5 Å². The molecular formula is C22H25N3O3S. The molecule has 3 N–H and O–H groups in total. The van der Waals surface area contributed by atoms with Gasteiger partial charge in [-0.05, 0) is 72.8 Å². The molecule has 0 spiro atoms. The van der Waals surface area contributed by atoms with E-state index in [0.717, 1.165) is 38.4 Å². The average Bonchev–Trinajstić information content (AvgIpc) is 3.19. The van der Waals surface area contributed by atoms with Crippen LogP contribution in [0.25, 0.3) is 21.6 Å². The largest absolute Gasteiger partial charge is 0.496 e. The normalized spacial score (nSPS) is 11.8. The standard InChI is InChI=1S/C22H25N3O3S/c1-12-8-16(10-20(28-5)13(12)2)21-17(11-24-29-21)15-6-7-19(27-4)18(9-15)25-22(26)14(3)23/h6-11,14H,23H2,1-5H3,(H,25,26). The number of carbonyl (C=O) groups excluding carboxylic acids is 1. The highest BCUT2D eigenvalue weighted by atomic mass is 32.1. The summed E-state index contributed by atoms with van der Waals surface area (Å²) < 4.78 is 15.3. The van der Waals surface area contributed by atoms with Crippen LogP contribution in [0.2, 0.25) is 0 Å². The number of nitrogens with zero attached hydrogens (tertiary/aromatic N) is 1. The lowest BCUT2D eigenvalue weighted by Crippen LogP contribution is -2.32. The van der Waals surface area contributed by atoms with Gasteiger partial charge in [0.05, 0.1) is 30.8 Å². The van der Waals surface area contributed by atoms with Gasteiger partial charge in [0.15, 0.2) is 0 Å². The number of aromatic nitrogens is 1. The molecule has 7 heteroatoms. The monoisotopic (exact) mass is 411 g/mol. The first-order valence-corrected chi connectivity index (χ1v) is 9.98. The summed E-state index contributed by atoms with van der Waals surface area (Å²) in [5, 5.41) is 2.83. The second kappa shape index (κ2) is 8.63. The van der Waals surface area contributed by atoms with Gasteiger partial charge in [-0.1, -0.05) is 12.1 Å². The van der Waals surface area contributed by atoms with Crippen molar-refractivity contribution in [3.63, 3.8) is 0 Å². The SMILES string of the molecule is COc1ccc(-c2cnsc2-c2cc(C)c(C)c(OC)c2)cc1NC(=O)C(C)N. The third-order valence-electron chi connectivity index (χ3n) is 4.85. The topological polar surface area (TPSA) is 86.5 Å². The number of ether oxygens (including phenoxy) is 2. The number of carbonyl (C=O) groups is 1. The minimum atomic E-state index is -0.621. The highest BCUT2D eigenvalue weighted by molar-refractivity contribution is 7.10. The van der Waals surface area contributed by atoms with Crippen molar-refractivity contribution in [2.75, 3.05) is 19.5 Å². The zero-order valence-corrected chi connectivity index (χ0v) is 18.0. The molecule has 0 bridgehead atoms. The van der Waals surface area contributed by atoms with Crippen LogP contribution in [0, 0.1) is 13.8 Å². The zero-order valence-electron chi connectivity index (χ0n) is 17.2. The van der Waals surface area contributed by atoms with Crippen LogP contribution in [-0.2, 0) is 4.79 Å². The fourth-order valence-electron chi connectivity index (χ4n) is 3.04. The van der Waals surface area contributed by atoms with Gasteiger partial charge in [0.25, 0.3) is 0 Å². The van der Waals surface area contributed by atoms with Crippen molar-refractivity contribution >= 4 is 23.1 Å². The summed E-state index contributed by atoms with van der Waals surface area (Å²) in [6.07, 6.45) is 1.83. The lowest BCUT2D eigenvalue weighted by molar-refractivity contribution is -0.117. The summed E-state index contributed by atoms with van der Waals surface area (Å²) in [5.74, 6) is 1.14. The van der Waals surface area contributed by atoms with E-state index in [1.54, 1.807) is 21.1 Å². The Bertz CT molecular complexity index is 1040. The van der Waals surface area contributed by atoms with E-state index in [9.17, 15) is 4.79 Å². The Kier molecular flexibility index (Phi) is 6.20. The van der Waals surface area contributed by atoms with Crippen molar-refractivity contribution in [2.45, 2.75) is 26.8 Å². The third kappa shape index (κ3) is 4.26. The maximum Gasteiger partial charge on any atom is 0.241 e. The average molecular weight is 412 g/mol. The van der Waals surface area contributed by atoms with Gasteiger partial charge in [0.2, 0.25) is 5.91 Å². The smallest absolute Gasteiger partial charge is 0.241 e. The van der Waals surface area contributed by atoms with Crippen LogP contribution in [0.3, 0.4) is 0 Å². The number of rotatable bonds is 6. The van der Waals surface area contributed by atoms with E-state index in [1.807, 2.05) is 37.4 Å². The molecule has 3 rings (SSSR count). The Morgan fingerprint density at radius 2 is 1.83 bits per heavy atom. The quantitative estimate of drug-likeness (QED) is 0.628. The van der Waals surface area contributed by atoms with E-state index in [-0.39, 0.29) is 5.91 Å². The number of methoxy groups -OCH3 is 2.